The highest BCUT2D eigenvalue weighted by Gasteiger charge is 2.12. The summed E-state index contributed by atoms with van der Waals surface area (Å²) in [7, 11) is 0. The first-order valence-electron chi connectivity index (χ1n) is 7.52. The second kappa shape index (κ2) is 9.35. The molecule has 0 aromatic heterocycles. The van der Waals surface area contributed by atoms with Crippen molar-refractivity contribution in [1.82, 2.24) is 5.32 Å². The van der Waals surface area contributed by atoms with Crippen LogP contribution >= 0.6 is 0 Å². The summed E-state index contributed by atoms with van der Waals surface area (Å²) in [6.45, 7) is 15.9. The van der Waals surface area contributed by atoms with Crippen LogP contribution in [0.4, 0.5) is 0 Å². The van der Waals surface area contributed by atoms with E-state index >= 15 is 0 Å². The highest BCUT2D eigenvalue weighted by Crippen LogP contribution is 2.20. The summed E-state index contributed by atoms with van der Waals surface area (Å²) < 4.78 is 10.9. The maximum Gasteiger partial charge on any atom is 0.220 e. The number of ether oxygens (including phenoxy) is 2. The van der Waals surface area contributed by atoms with Gasteiger partial charge < -0.3 is 14.8 Å². The summed E-state index contributed by atoms with van der Waals surface area (Å²) in [6.07, 6.45) is 1.48. The van der Waals surface area contributed by atoms with Gasteiger partial charge in [0, 0.05) is 13.0 Å². The molecule has 0 rings (SSSR count). The first-order chi connectivity index (χ1) is 9.10. The molecule has 1 amide bonds. The maximum absolute atomic E-state index is 11.5. The summed E-state index contributed by atoms with van der Waals surface area (Å²) in [4.78, 5) is 11.5. The average Bonchev–Trinajstić information content (AvgIpc) is 2.27. The Morgan fingerprint density at radius 3 is 2.05 bits per heavy atom. The minimum Gasteiger partial charge on any atom is -0.379 e. The number of carbonyl (C=O) groups is 1. The fourth-order valence-corrected chi connectivity index (χ4v) is 1.44. The van der Waals surface area contributed by atoms with Crippen LogP contribution in [-0.2, 0) is 14.3 Å². The van der Waals surface area contributed by atoms with Crippen LogP contribution in [0.3, 0.4) is 0 Å². The van der Waals surface area contributed by atoms with Gasteiger partial charge in [0.1, 0.15) is 0 Å². The minimum absolute atomic E-state index is 0.104. The van der Waals surface area contributed by atoms with E-state index in [9.17, 15) is 4.79 Å². The lowest BCUT2D eigenvalue weighted by atomic mass is 9.90. The second-order valence-corrected chi connectivity index (χ2v) is 7.64. The first kappa shape index (κ1) is 19.4. The molecule has 0 atom stereocenters. The van der Waals surface area contributed by atoms with Crippen LogP contribution in [0.5, 0.6) is 0 Å². The van der Waals surface area contributed by atoms with E-state index < -0.39 is 0 Å². The van der Waals surface area contributed by atoms with E-state index in [0.29, 0.717) is 32.8 Å². The van der Waals surface area contributed by atoms with Gasteiger partial charge in [-0.25, -0.2) is 0 Å². The molecule has 1 N–H and O–H groups in total. The van der Waals surface area contributed by atoms with Gasteiger partial charge in [0.2, 0.25) is 5.91 Å². The lowest BCUT2D eigenvalue weighted by Crippen LogP contribution is -2.28. The lowest BCUT2D eigenvalue weighted by Gasteiger charge is -2.18. The molecule has 0 saturated heterocycles. The van der Waals surface area contributed by atoms with Gasteiger partial charge in [0.25, 0.3) is 0 Å². The Hall–Kier alpha value is -0.610. The van der Waals surface area contributed by atoms with Gasteiger partial charge in [-0.3, -0.25) is 4.79 Å². The molecule has 20 heavy (non-hydrogen) atoms. The van der Waals surface area contributed by atoms with E-state index in [0.717, 1.165) is 13.0 Å². The quantitative estimate of drug-likeness (QED) is 0.663. The molecule has 0 aromatic rings. The standard InChI is InChI=1S/C16H33NO3/c1-15(2,3)8-7-14(18)17-9-10-19-11-12-20-13-16(4,5)6/h7-13H2,1-6H3,(H,17,18). The van der Waals surface area contributed by atoms with E-state index in [-0.39, 0.29) is 16.7 Å². The zero-order valence-corrected chi connectivity index (χ0v) is 14.2. The van der Waals surface area contributed by atoms with E-state index in [1.165, 1.54) is 0 Å². The zero-order chi connectivity index (χ0) is 15.6. The minimum atomic E-state index is 0.104. The molecule has 0 radical (unpaired) electrons. The van der Waals surface area contributed by atoms with Crippen LogP contribution in [0, 0.1) is 10.8 Å². The van der Waals surface area contributed by atoms with Crippen LogP contribution in [0.25, 0.3) is 0 Å². The predicted molar refractivity (Wildman–Crippen MR) is 82.8 cm³/mol. The number of rotatable bonds is 9. The molecule has 0 saturated carbocycles. The summed E-state index contributed by atoms with van der Waals surface area (Å²) in [5, 5.41) is 2.87. The van der Waals surface area contributed by atoms with Gasteiger partial charge in [-0.2, -0.15) is 0 Å². The fourth-order valence-electron chi connectivity index (χ4n) is 1.44. The van der Waals surface area contributed by atoms with Crippen molar-refractivity contribution in [3.05, 3.63) is 0 Å². The van der Waals surface area contributed by atoms with Gasteiger partial charge in [-0.15, -0.1) is 0 Å². The van der Waals surface area contributed by atoms with Crippen molar-refractivity contribution in [2.24, 2.45) is 10.8 Å². The molecule has 0 spiro atoms. The highest BCUT2D eigenvalue weighted by molar-refractivity contribution is 5.75. The Kier molecular flexibility index (Phi) is 9.06. The molecule has 0 unspecified atom stereocenters. The lowest BCUT2D eigenvalue weighted by molar-refractivity contribution is -0.121. The monoisotopic (exact) mass is 287 g/mol. The van der Waals surface area contributed by atoms with E-state index in [1.54, 1.807) is 0 Å². The van der Waals surface area contributed by atoms with Crippen molar-refractivity contribution in [2.75, 3.05) is 33.0 Å². The molecule has 0 aliphatic rings. The predicted octanol–water partition coefficient (Wildman–Crippen LogP) is 3.01. The van der Waals surface area contributed by atoms with Crippen molar-refractivity contribution in [1.29, 1.82) is 0 Å². The van der Waals surface area contributed by atoms with Crippen LogP contribution in [-0.4, -0.2) is 38.9 Å². The molecule has 0 heterocycles. The van der Waals surface area contributed by atoms with E-state index in [4.69, 9.17) is 9.47 Å². The Morgan fingerprint density at radius 2 is 1.50 bits per heavy atom. The van der Waals surface area contributed by atoms with Crippen molar-refractivity contribution in [2.45, 2.75) is 54.4 Å². The number of hydrogen-bond acceptors (Lipinski definition) is 3. The third-order valence-electron chi connectivity index (χ3n) is 2.58. The molecule has 0 aliphatic carbocycles. The van der Waals surface area contributed by atoms with Gasteiger partial charge in [-0.1, -0.05) is 41.5 Å². The Balaban J connectivity index is 3.34. The Bertz CT molecular complexity index is 264. The molecule has 0 bridgehead atoms. The Labute approximate surface area is 124 Å². The van der Waals surface area contributed by atoms with Crippen LogP contribution in [0.2, 0.25) is 0 Å². The average molecular weight is 287 g/mol. The number of carbonyl (C=O) groups excluding carboxylic acids is 1. The van der Waals surface area contributed by atoms with Gasteiger partial charge >= 0.3 is 0 Å². The maximum atomic E-state index is 11.5. The SMILES string of the molecule is CC(C)(C)CCC(=O)NCCOCCOCC(C)(C)C. The van der Waals surface area contributed by atoms with Gasteiger partial charge in [0.15, 0.2) is 0 Å². The Morgan fingerprint density at radius 1 is 0.900 bits per heavy atom. The number of nitrogens with one attached hydrogen (secondary N) is 1. The third-order valence-corrected chi connectivity index (χ3v) is 2.58. The molecule has 4 nitrogen and oxygen atoms in total. The van der Waals surface area contributed by atoms with Crippen molar-refractivity contribution >= 4 is 5.91 Å². The van der Waals surface area contributed by atoms with Crippen molar-refractivity contribution < 1.29 is 14.3 Å². The van der Waals surface area contributed by atoms with Crippen LogP contribution in [0.1, 0.15) is 54.4 Å². The zero-order valence-electron chi connectivity index (χ0n) is 14.2. The van der Waals surface area contributed by atoms with Gasteiger partial charge in [0.05, 0.1) is 26.4 Å². The molecular weight excluding hydrogens is 254 g/mol. The summed E-state index contributed by atoms with van der Waals surface area (Å²) in [6, 6.07) is 0. The third kappa shape index (κ3) is 15.4. The number of hydrogen-bond donors (Lipinski definition) is 1. The second-order valence-electron chi connectivity index (χ2n) is 7.64. The van der Waals surface area contributed by atoms with E-state index in [2.05, 4.69) is 46.9 Å². The largest absolute Gasteiger partial charge is 0.379 e. The smallest absolute Gasteiger partial charge is 0.220 e. The fraction of sp³-hybridized carbons (Fsp3) is 0.938. The van der Waals surface area contributed by atoms with E-state index in [1.807, 2.05) is 0 Å². The molecule has 0 fully saturated rings. The summed E-state index contributed by atoms with van der Waals surface area (Å²) >= 11 is 0. The summed E-state index contributed by atoms with van der Waals surface area (Å²) in [5.41, 5.74) is 0.402. The van der Waals surface area contributed by atoms with Crippen LogP contribution < -0.4 is 5.32 Å². The molecule has 120 valence electrons. The number of amides is 1. The molecule has 0 aliphatic heterocycles. The van der Waals surface area contributed by atoms with Crippen molar-refractivity contribution in [3.63, 3.8) is 0 Å². The molecular formula is C16H33NO3. The summed E-state index contributed by atoms with van der Waals surface area (Å²) in [5.74, 6) is 0.104. The highest BCUT2D eigenvalue weighted by atomic mass is 16.5. The van der Waals surface area contributed by atoms with Crippen LogP contribution in [0.15, 0.2) is 0 Å². The van der Waals surface area contributed by atoms with Crippen molar-refractivity contribution in [3.8, 4) is 0 Å². The van der Waals surface area contributed by atoms with Gasteiger partial charge in [-0.05, 0) is 17.3 Å². The normalized spacial score (nSPS) is 12.5. The molecule has 0 aromatic carbocycles. The molecule has 4 heteroatoms. The topological polar surface area (TPSA) is 47.6 Å². The first-order valence-corrected chi connectivity index (χ1v) is 7.52.